The van der Waals surface area contributed by atoms with Gasteiger partial charge in [0.2, 0.25) is 0 Å². The first-order chi connectivity index (χ1) is 10.0. The minimum atomic E-state index is 0.230. The third kappa shape index (κ3) is 4.29. The average Bonchev–Trinajstić information content (AvgIpc) is 2.49. The van der Waals surface area contributed by atoms with E-state index in [-0.39, 0.29) is 6.04 Å². The molecule has 0 aliphatic carbocycles. The molecule has 2 aromatic rings. The lowest BCUT2D eigenvalue weighted by Crippen LogP contribution is -2.18. The quantitative estimate of drug-likeness (QED) is 0.652. The lowest BCUT2D eigenvalue weighted by Gasteiger charge is -2.17. The SMILES string of the molecule is COc1ccc(CC(C)Nc2ccc(Br)c(Cl)c2Cl)cc1. The lowest BCUT2D eigenvalue weighted by atomic mass is 10.1. The first-order valence-corrected chi connectivity index (χ1v) is 8.09. The highest BCUT2D eigenvalue weighted by Crippen LogP contribution is 2.36. The van der Waals surface area contributed by atoms with Crippen LogP contribution in [0.5, 0.6) is 5.75 Å². The first-order valence-electron chi connectivity index (χ1n) is 6.54. The van der Waals surface area contributed by atoms with Crippen LogP contribution in [0, 0.1) is 0 Å². The Morgan fingerprint density at radius 1 is 1.10 bits per heavy atom. The van der Waals surface area contributed by atoms with Crippen LogP contribution in [0.4, 0.5) is 5.69 Å². The van der Waals surface area contributed by atoms with Gasteiger partial charge in [0.25, 0.3) is 0 Å². The molecule has 1 atom stereocenters. The molecule has 2 rings (SSSR count). The van der Waals surface area contributed by atoms with Gasteiger partial charge in [0.15, 0.2) is 0 Å². The summed E-state index contributed by atoms with van der Waals surface area (Å²) in [6, 6.07) is 12.1. The van der Waals surface area contributed by atoms with Crippen molar-refractivity contribution >= 4 is 44.8 Å². The van der Waals surface area contributed by atoms with Crippen molar-refractivity contribution in [3.63, 3.8) is 0 Å². The largest absolute Gasteiger partial charge is 0.497 e. The molecule has 0 saturated carbocycles. The lowest BCUT2D eigenvalue weighted by molar-refractivity contribution is 0.414. The summed E-state index contributed by atoms with van der Waals surface area (Å²) in [5.74, 6) is 0.863. The van der Waals surface area contributed by atoms with Gasteiger partial charge in [-0.25, -0.2) is 0 Å². The molecule has 1 N–H and O–H groups in total. The van der Waals surface area contributed by atoms with E-state index in [4.69, 9.17) is 27.9 Å². The number of anilines is 1. The summed E-state index contributed by atoms with van der Waals surface area (Å²) in [4.78, 5) is 0. The molecule has 0 aliphatic rings. The number of methoxy groups -OCH3 is 1. The van der Waals surface area contributed by atoms with Gasteiger partial charge >= 0.3 is 0 Å². The molecular formula is C16H16BrCl2NO. The number of hydrogen-bond acceptors (Lipinski definition) is 2. The van der Waals surface area contributed by atoms with Crippen LogP contribution in [-0.2, 0) is 6.42 Å². The average molecular weight is 389 g/mol. The number of ether oxygens (including phenoxy) is 1. The molecule has 2 aromatic carbocycles. The molecule has 0 aromatic heterocycles. The highest BCUT2D eigenvalue weighted by atomic mass is 79.9. The van der Waals surface area contributed by atoms with E-state index in [1.807, 2.05) is 24.3 Å². The zero-order valence-electron chi connectivity index (χ0n) is 11.8. The monoisotopic (exact) mass is 387 g/mol. The van der Waals surface area contributed by atoms with Crippen LogP contribution in [0.15, 0.2) is 40.9 Å². The van der Waals surface area contributed by atoms with Crippen molar-refractivity contribution < 1.29 is 4.74 Å². The smallest absolute Gasteiger partial charge is 0.118 e. The second-order valence-corrected chi connectivity index (χ2v) is 6.43. The molecule has 0 amide bonds. The molecule has 2 nitrogen and oxygen atoms in total. The number of benzene rings is 2. The second-order valence-electron chi connectivity index (χ2n) is 4.82. The third-order valence-corrected chi connectivity index (χ3v) is 4.91. The zero-order chi connectivity index (χ0) is 15.4. The standard InChI is InChI=1S/C16H16BrCl2NO/c1-10(9-11-3-5-12(21-2)6-4-11)20-14-8-7-13(17)15(18)16(14)19/h3-8,10,20H,9H2,1-2H3. The molecular weight excluding hydrogens is 373 g/mol. The van der Waals surface area contributed by atoms with E-state index in [1.54, 1.807) is 7.11 Å². The van der Waals surface area contributed by atoms with Gasteiger partial charge in [0.05, 0.1) is 22.8 Å². The van der Waals surface area contributed by atoms with Gasteiger partial charge in [-0.05, 0) is 59.1 Å². The molecule has 0 fully saturated rings. The van der Waals surface area contributed by atoms with Crippen LogP contribution in [0.25, 0.3) is 0 Å². The second kappa shape index (κ2) is 7.39. The van der Waals surface area contributed by atoms with Crippen molar-refractivity contribution in [3.8, 4) is 5.75 Å². The Hall–Kier alpha value is -0.900. The Bertz CT molecular complexity index is 616. The maximum absolute atomic E-state index is 6.24. The molecule has 1 unspecified atom stereocenters. The summed E-state index contributed by atoms with van der Waals surface area (Å²) in [6.07, 6.45) is 0.883. The van der Waals surface area contributed by atoms with E-state index in [1.165, 1.54) is 5.56 Å². The normalized spacial score (nSPS) is 12.0. The van der Waals surface area contributed by atoms with Crippen molar-refractivity contribution in [2.45, 2.75) is 19.4 Å². The maximum atomic E-state index is 6.24. The Labute approximate surface area is 143 Å². The fraction of sp³-hybridized carbons (Fsp3) is 0.250. The summed E-state index contributed by atoms with van der Waals surface area (Å²) < 4.78 is 5.95. The van der Waals surface area contributed by atoms with E-state index in [0.717, 1.165) is 22.3 Å². The Morgan fingerprint density at radius 2 is 1.76 bits per heavy atom. The number of nitrogens with one attached hydrogen (secondary N) is 1. The number of hydrogen-bond donors (Lipinski definition) is 1. The minimum Gasteiger partial charge on any atom is -0.497 e. The third-order valence-electron chi connectivity index (χ3n) is 3.14. The van der Waals surface area contributed by atoms with Gasteiger partial charge < -0.3 is 10.1 Å². The first kappa shape index (κ1) is 16.5. The molecule has 112 valence electrons. The van der Waals surface area contributed by atoms with E-state index < -0.39 is 0 Å². The predicted molar refractivity (Wildman–Crippen MR) is 93.9 cm³/mol. The van der Waals surface area contributed by atoms with Crippen LogP contribution in [0.3, 0.4) is 0 Å². The van der Waals surface area contributed by atoms with Gasteiger partial charge in [0.1, 0.15) is 5.75 Å². The molecule has 0 radical (unpaired) electrons. The molecule has 0 bridgehead atoms. The molecule has 5 heteroatoms. The van der Waals surface area contributed by atoms with Crippen molar-refractivity contribution in [2.75, 3.05) is 12.4 Å². The van der Waals surface area contributed by atoms with Crippen molar-refractivity contribution in [2.24, 2.45) is 0 Å². The predicted octanol–water partition coefficient (Wildman–Crippen LogP) is 5.81. The van der Waals surface area contributed by atoms with Gasteiger partial charge in [-0.2, -0.15) is 0 Å². The fourth-order valence-corrected chi connectivity index (χ4v) is 2.90. The van der Waals surface area contributed by atoms with Crippen LogP contribution < -0.4 is 10.1 Å². The molecule has 0 heterocycles. The van der Waals surface area contributed by atoms with Crippen LogP contribution >= 0.6 is 39.1 Å². The Kier molecular flexibility index (Phi) is 5.80. The van der Waals surface area contributed by atoms with Gasteiger partial charge in [-0.3, -0.25) is 0 Å². The fourth-order valence-electron chi connectivity index (χ4n) is 2.07. The Morgan fingerprint density at radius 3 is 2.38 bits per heavy atom. The number of halogens is 3. The molecule has 0 aliphatic heterocycles. The summed E-state index contributed by atoms with van der Waals surface area (Å²) in [6.45, 7) is 2.11. The molecule has 0 spiro atoms. The van der Waals surface area contributed by atoms with Crippen LogP contribution in [0.1, 0.15) is 12.5 Å². The maximum Gasteiger partial charge on any atom is 0.118 e. The number of rotatable bonds is 5. The van der Waals surface area contributed by atoms with Gasteiger partial charge in [0, 0.05) is 10.5 Å². The highest BCUT2D eigenvalue weighted by molar-refractivity contribution is 9.10. The van der Waals surface area contributed by atoms with E-state index >= 15 is 0 Å². The van der Waals surface area contributed by atoms with Gasteiger partial charge in [-0.1, -0.05) is 35.3 Å². The van der Waals surface area contributed by atoms with E-state index in [2.05, 4.69) is 40.3 Å². The summed E-state index contributed by atoms with van der Waals surface area (Å²) in [7, 11) is 1.67. The molecule has 21 heavy (non-hydrogen) atoms. The van der Waals surface area contributed by atoms with Crippen molar-refractivity contribution in [1.29, 1.82) is 0 Å². The summed E-state index contributed by atoms with van der Waals surface area (Å²) in [5.41, 5.74) is 2.07. The van der Waals surface area contributed by atoms with E-state index in [0.29, 0.717) is 10.0 Å². The molecule has 0 saturated heterocycles. The minimum absolute atomic E-state index is 0.230. The highest BCUT2D eigenvalue weighted by Gasteiger charge is 2.11. The van der Waals surface area contributed by atoms with Crippen LogP contribution in [0.2, 0.25) is 10.0 Å². The summed E-state index contributed by atoms with van der Waals surface area (Å²) in [5, 5.41) is 4.45. The Balaban J connectivity index is 2.04. The summed E-state index contributed by atoms with van der Waals surface area (Å²) >= 11 is 15.7. The van der Waals surface area contributed by atoms with Crippen molar-refractivity contribution in [1.82, 2.24) is 0 Å². The van der Waals surface area contributed by atoms with Crippen LogP contribution in [-0.4, -0.2) is 13.2 Å². The van der Waals surface area contributed by atoms with Crippen molar-refractivity contribution in [3.05, 3.63) is 56.5 Å². The topological polar surface area (TPSA) is 21.3 Å². The zero-order valence-corrected chi connectivity index (χ0v) is 14.9. The van der Waals surface area contributed by atoms with E-state index in [9.17, 15) is 0 Å². The van der Waals surface area contributed by atoms with Gasteiger partial charge in [-0.15, -0.1) is 0 Å².